The normalized spacial score (nSPS) is 37.1. The maximum Gasteiger partial charge on any atom is 0.382 e. The van der Waals surface area contributed by atoms with E-state index in [0.717, 1.165) is 38.5 Å². The van der Waals surface area contributed by atoms with E-state index in [4.69, 9.17) is 4.18 Å². The SMILES string of the molecule is CNS(=O)(=O)Oc1ccc2c(c1)CCC1C2CC[C@@]2(C)C1CC[C@@H]2O. The predicted octanol–water partition coefficient (Wildman–Crippen LogP) is 2.75. The van der Waals surface area contributed by atoms with Crippen LogP contribution in [0.25, 0.3) is 0 Å². The van der Waals surface area contributed by atoms with Crippen LogP contribution in [0, 0.1) is 17.3 Å². The van der Waals surface area contributed by atoms with Gasteiger partial charge in [0, 0.05) is 7.05 Å². The molecule has 0 bridgehead atoms. The highest BCUT2D eigenvalue weighted by Crippen LogP contribution is 2.60. The van der Waals surface area contributed by atoms with Gasteiger partial charge in [-0.05, 0) is 85.0 Å². The Labute approximate surface area is 150 Å². The van der Waals surface area contributed by atoms with E-state index in [9.17, 15) is 13.5 Å². The molecule has 0 radical (unpaired) electrons. The molecule has 3 unspecified atom stereocenters. The van der Waals surface area contributed by atoms with Gasteiger partial charge in [0.25, 0.3) is 0 Å². The first-order chi connectivity index (χ1) is 11.8. The van der Waals surface area contributed by atoms with Crippen molar-refractivity contribution in [3.8, 4) is 5.75 Å². The Bertz CT molecular complexity index is 778. The Kier molecular flexibility index (Phi) is 4.13. The van der Waals surface area contributed by atoms with E-state index in [1.54, 1.807) is 6.07 Å². The highest BCUT2D eigenvalue weighted by Gasteiger charge is 2.54. The lowest BCUT2D eigenvalue weighted by atomic mass is 9.55. The average molecular weight is 365 g/mol. The fourth-order valence-corrected chi connectivity index (χ4v) is 6.19. The zero-order valence-corrected chi connectivity index (χ0v) is 15.7. The quantitative estimate of drug-likeness (QED) is 0.864. The lowest BCUT2D eigenvalue weighted by Crippen LogP contribution is -2.43. The van der Waals surface area contributed by atoms with Gasteiger partial charge >= 0.3 is 10.3 Å². The minimum Gasteiger partial charge on any atom is -0.393 e. The van der Waals surface area contributed by atoms with Gasteiger partial charge in [0.05, 0.1) is 6.10 Å². The molecule has 2 fully saturated rings. The van der Waals surface area contributed by atoms with Crippen LogP contribution in [0.4, 0.5) is 0 Å². The summed E-state index contributed by atoms with van der Waals surface area (Å²) in [7, 11) is -2.39. The highest BCUT2D eigenvalue weighted by atomic mass is 32.2. The summed E-state index contributed by atoms with van der Waals surface area (Å²) in [6.07, 6.45) is 6.18. The minimum absolute atomic E-state index is 0.0859. The molecule has 0 heterocycles. The second kappa shape index (κ2) is 5.96. The number of aryl methyl sites for hydroxylation is 1. The van der Waals surface area contributed by atoms with Crippen molar-refractivity contribution in [1.29, 1.82) is 0 Å². The molecule has 5 atom stereocenters. The Balaban J connectivity index is 1.61. The monoisotopic (exact) mass is 365 g/mol. The van der Waals surface area contributed by atoms with Gasteiger partial charge in [0.2, 0.25) is 0 Å². The highest BCUT2D eigenvalue weighted by molar-refractivity contribution is 7.85. The molecule has 0 saturated heterocycles. The molecule has 0 amide bonds. The molecule has 25 heavy (non-hydrogen) atoms. The van der Waals surface area contributed by atoms with Crippen molar-refractivity contribution in [2.75, 3.05) is 7.05 Å². The van der Waals surface area contributed by atoms with Gasteiger partial charge in [-0.3, -0.25) is 0 Å². The van der Waals surface area contributed by atoms with E-state index in [1.165, 1.54) is 18.2 Å². The van der Waals surface area contributed by atoms with Crippen LogP contribution in [-0.2, 0) is 16.7 Å². The van der Waals surface area contributed by atoms with Crippen molar-refractivity contribution in [1.82, 2.24) is 4.72 Å². The van der Waals surface area contributed by atoms with Crippen LogP contribution in [0.1, 0.15) is 56.1 Å². The van der Waals surface area contributed by atoms with Gasteiger partial charge in [-0.1, -0.05) is 13.0 Å². The summed E-state index contributed by atoms with van der Waals surface area (Å²) in [5.41, 5.74) is 2.66. The molecule has 6 heteroatoms. The third kappa shape index (κ3) is 2.78. The van der Waals surface area contributed by atoms with E-state index in [-0.39, 0.29) is 11.5 Å². The molecule has 2 saturated carbocycles. The van der Waals surface area contributed by atoms with Gasteiger partial charge in [-0.25, -0.2) is 0 Å². The predicted molar refractivity (Wildman–Crippen MR) is 95.7 cm³/mol. The summed E-state index contributed by atoms with van der Waals surface area (Å²) < 4.78 is 30.5. The van der Waals surface area contributed by atoms with Crippen LogP contribution in [0.2, 0.25) is 0 Å². The molecular formula is C19H27NO4S. The van der Waals surface area contributed by atoms with Crippen molar-refractivity contribution < 1.29 is 17.7 Å². The molecule has 0 aliphatic heterocycles. The molecule has 0 spiro atoms. The fourth-order valence-electron chi connectivity index (χ4n) is 5.75. The number of nitrogens with one attached hydrogen (secondary N) is 1. The standard InChI is InChI=1S/C19H27NO4S/c1-19-10-9-15-14-6-4-13(24-25(22,23)20-2)11-12(14)3-5-16(15)17(19)7-8-18(19)21/h4,6,11,15-18,20-21H,3,5,7-10H2,1-2H3/t15?,16?,17?,18-,19-/m0/s1. The number of benzene rings is 1. The third-order valence-electron chi connectivity index (χ3n) is 7.10. The molecule has 1 aromatic rings. The number of rotatable bonds is 3. The summed E-state index contributed by atoms with van der Waals surface area (Å²) in [6.45, 7) is 2.28. The van der Waals surface area contributed by atoms with Gasteiger partial charge in [0.1, 0.15) is 5.75 Å². The van der Waals surface area contributed by atoms with Crippen LogP contribution in [0.3, 0.4) is 0 Å². The molecule has 138 valence electrons. The number of hydrogen-bond donors (Lipinski definition) is 2. The summed E-state index contributed by atoms with van der Waals surface area (Å²) >= 11 is 0. The second-order valence-corrected chi connectivity index (χ2v) is 9.64. The first-order valence-electron chi connectivity index (χ1n) is 9.28. The molecule has 1 aromatic carbocycles. The first kappa shape index (κ1) is 17.3. The smallest absolute Gasteiger partial charge is 0.382 e. The van der Waals surface area contributed by atoms with Crippen LogP contribution in [-0.4, -0.2) is 26.7 Å². The van der Waals surface area contributed by atoms with Crippen LogP contribution in [0.5, 0.6) is 5.75 Å². The van der Waals surface area contributed by atoms with Gasteiger partial charge in [0.15, 0.2) is 0 Å². The zero-order chi connectivity index (χ0) is 17.8. The Morgan fingerprint density at radius 3 is 2.80 bits per heavy atom. The van der Waals surface area contributed by atoms with Gasteiger partial charge < -0.3 is 9.29 Å². The summed E-state index contributed by atoms with van der Waals surface area (Å²) in [5, 5.41) is 10.5. The van der Waals surface area contributed by atoms with E-state index in [0.29, 0.717) is 23.5 Å². The summed E-state index contributed by atoms with van der Waals surface area (Å²) in [4.78, 5) is 0. The van der Waals surface area contributed by atoms with Crippen LogP contribution in [0.15, 0.2) is 18.2 Å². The van der Waals surface area contributed by atoms with E-state index in [1.807, 2.05) is 6.07 Å². The lowest BCUT2D eigenvalue weighted by Gasteiger charge is -2.50. The topological polar surface area (TPSA) is 75.6 Å². The minimum atomic E-state index is -3.73. The maximum atomic E-state index is 11.6. The Morgan fingerprint density at radius 2 is 2.04 bits per heavy atom. The van der Waals surface area contributed by atoms with Crippen molar-refractivity contribution in [2.24, 2.45) is 17.3 Å². The molecule has 3 aliphatic carbocycles. The zero-order valence-electron chi connectivity index (χ0n) is 14.9. The molecule has 3 aliphatic rings. The van der Waals surface area contributed by atoms with Crippen molar-refractivity contribution in [3.63, 3.8) is 0 Å². The molecule has 2 N–H and O–H groups in total. The third-order valence-corrected chi connectivity index (χ3v) is 8.02. The maximum absolute atomic E-state index is 11.6. The van der Waals surface area contributed by atoms with Crippen molar-refractivity contribution >= 4 is 10.3 Å². The first-order valence-corrected chi connectivity index (χ1v) is 10.7. The van der Waals surface area contributed by atoms with Gasteiger partial charge in [-0.2, -0.15) is 13.1 Å². The number of aliphatic hydroxyl groups is 1. The van der Waals surface area contributed by atoms with Gasteiger partial charge in [-0.15, -0.1) is 0 Å². The number of fused-ring (bicyclic) bond motifs is 5. The number of aliphatic hydroxyl groups excluding tert-OH is 1. The van der Waals surface area contributed by atoms with E-state index in [2.05, 4.69) is 17.7 Å². The van der Waals surface area contributed by atoms with E-state index >= 15 is 0 Å². The Morgan fingerprint density at radius 1 is 1.24 bits per heavy atom. The summed E-state index contributed by atoms with van der Waals surface area (Å²) in [5.74, 6) is 2.15. The van der Waals surface area contributed by atoms with Crippen molar-refractivity contribution in [2.45, 2.75) is 57.5 Å². The van der Waals surface area contributed by atoms with Crippen LogP contribution < -0.4 is 8.91 Å². The largest absolute Gasteiger partial charge is 0.393 e. The molecule has 4 rings (SSSR count). The Hall–Kier alpha value is -1.11. The molecule has 5 nitrogen and oxygen atoms in total. The molecular weight excluding hydrogens is 338 g/mol. The second-order valence-electron chi connectivity index (χ2n) is 8.16. The number of hydrogen-bond acceptors (Lipinski definition) is 4. The fraction of sp³-hybridized carbons (Fsp3) is 0.684. The van der Waals surface area contributed by atoms with Crippen LogP contribution >= 0.6 is 0 Å². The summed E-state index contributed by atoms with van der Waals surface area (Å²) in [6, 6.07) is 5.71. The lowest BCUT2D eigenvalue weighted by molar-refractivity contribution is -0.0226. The van der Waals surface area contributed by atoms with Crippen molar-refractivity contribution in [3.05, 3.63) is 29.3 Å². The molecule has 0 aromatic heterocycles. The van der Waals surface area contributed by atoms with E-state index < -0.39 is 10.3 Å². The average Bonchev–Trinajstić information content (AvgIpc) is 2.89.